The van der Waals surface area contributed by atoms with Gasteiger partial charge in [-0.15, -0.1) is 0 Å². The molecule has 0 spiro atoms. The third-order valence-electron chi connectivity index (χ3n) is 2.30. The van der Waals surface area contributed by atoms with E-state index in [0.29, 0.717) is 17.5 Å². The number of ether oxygens (including phenoxy) is 1. The largest absolute Gasteiger partial charge is 0.485 e. The van der Waals surface area contributed by atoms with Gasteiger partial charge in [0.15, 0.2) is 6.61 Å². The molecule has 0 aliphatic carbocycles. The van der Waals surface area contributed by atoms with E-state index in [-0.39, 0.29) is 6.61 Å². The van der Waals surface area contributed by atoms with E-state index in [0.717, 1.165) is 5.56 Å². The molecule has 90 valence electrons. The summed E-state index contributed by atoms with van der Waals surface area (Å²) >= 11 is 0. The van der Waals surface area contributed by atoms with Crippen LogP contribution in [0.1, 0.15) is 30.3 Å². The van der Waals surface area contributed by atoms with E-state index in [2.05, 4.69) is 10.1 Å². The summed E-state index contributed by atoms with van der Waals surface area (Å²) < 4.78 is 10.4. The summed E-state index contributed by atoms with van der Waals surface area (Å²) in [6.07, 6.45) is -0.571. The number of nitrogens with zero attached hydrogens (tertiary/aromatic N) is 2. The molecular weight excluding hydrogens is 220 g/mol. The molecule has 2 aromatic rings. The van der Waals surface area contributed by atoms with Crippen molar-refractivity contribution in [3.63, 3.8) is 0 Å². The lowest BCUT2D eigenvalue weighted by Gasteiger charge is -2.11. The molecule has 0 aliphatic rings. The monoisotopic (exact) mass is 234 g/mol. The maximum atomic E-state index is 9.58. The molecule has 0 unspecified atom stereocenters. The summed E-state index contributed by atoms with van der Waals surface area (Å²) in [6.45, 7) is 3.64. The molecule has 2 rings (SSSR count). The molecule has 0 amide bonds. The summed E-state index contributed by atoms with van der Waals surface area (Å²) in [5.41, 5.74) is 0.743. The van der Waals surface area contributed by atoms with Crippen LogP contribution in [-0.4, -0.2) is 15.2 Å². The SMILES string of the molecule is Cc1nc(COc2ccccc2[C@H](C)O)no1. The van der Waals surface area contributed by atoms with Gasteiger partial charge in [0.1, 0.15) is 5.75 Å². The molecule has 1 heterocycles. The normalized spacial score (nSPS) is 12.4. The van der Waals surface area contributed by atoms with Crippen LogP contribution in [0, 0.1) is 6.92 Å². The molecule has 1 aromatic heterocycles. The van der Waals surface area contributed by atoms with E-state index in [1.807, 2.05) is 18.2 Å². The number of hydrogen-bond acceptors (Lipinski definition) is 5. The second kappa shape index (κ2) is 4.97. The molecule has 1 N–H and O–H groups in total. The smallest absolute Gasteiger partial charge is 0.223 e. The van der Waals surface area contributed by atoms with Gasteiger partial charge in [-0.05, 0) is 13.0 Å². The van der Waals surface area contributed by atoms with Crippen molar-refractivity contribution < 1.29 is 14.4 Å². The van der Waals surface area contributed by atoms with Crippen molar-refractivity contribution >= 4 is 0 Å². The molecule has 17 heavy (non-hydrogen) atoms. The second-order valence-electron chi connectivity index (χ2n) is 3.73. The van der Waals surface area contributed by atoms with Crippen LogP contribution >= 0.6 is 0 Å². The van der Waals surface area contributed by atoms with Crippen molar-refractivity contribution in [3.05, 3.63) is 41.5 Å². The summed E-state index contributed by atoms with van der Waals surface area (Å²) in [5.74, 6) is 1.63. The number of rotatable bonds is 4. The molecule has 1 atom stereocenters. The van der Waals surface area contributed by atoms with Crippen LogP contribution in [0.2, 0.25) is 0 Å². The highest BCUT2D eigenvalue weighted by Gasteiger charge is 2.09. The summed E-state index contributed by atoms with van der Waals surface area (Å²) in [6, 6.07) is 7.33. The molecular formula is C12H14N2O3. The number of aliphatic hydroxyl groups excluding tert-OH is 1. The summed E-state index contributed by atoms with van der Waals surface area (Å²) in [5, 5.41) is 13.3. The van der Waals surface area contributed by atoms with E-state index >= 15 is 0 Å². The molecule has 5 heteroatoms. The van der Waals surface area contributed by atoms with Crippen LogP contribution in [0.5, 0.6) is 5.75 Å². The van der Waals surface area contributed by atoms with Crippen LogP contribution in [-0.2, 0) is 6.61 Å². The molecule has 0 fully saturated rings. The second-order valence-corrected chi connectivity index (χ2v) is 3.73. The lowest BCUT2D eigenvalue weighted by Crippen LogP contribution is -2.02. The number of aliphatic hydroxyl groups is 1. The zero-order valence-electron chi connectivity index (χ0n) is 9.75. The van der Waals surface area contributed by atoms with Gasteiger partial charge < -0.3 is 14.4 Å². The van der Waals surface area contributed by atoms with Gasteiger partial charge in [-0.2, -0.15) is 4.98 Å². The highest BCUT2D eigenvalue weighted by molar-refractivity contribution is 5.34. The van der Waals surface area contributed by atoms with Crippen molar-refractivity contribution in [3.8, 4) is 5.75 Å². The molecule has 0 saturated heterocycles. The minimum absolute atomic E-state index is 0.223. The zero-order chi connectivity index (χ0) is 12.3. The molecule has 0 bridgehead atoms. The predicted octanol–water partition coefficient (Wildman–Crippen LogP) is 2.01. The molecule has 0 radical (unpaired) electrons. The van der Waals surface area contributed by atoms with Crippen molar-refractivity contribution in [1.82, 2.24) is 10.1 Å². The number of para-hydroxylation sites is 1. The third-order valence-corrected chi connectivity index (χ3v) is 2.30. The minimum Gasteiger partial charge on any atom is -0.485 e. The average molecular weight is 234 g/mol. The van der Waals surface area contributed by atoms with Gasteiger partial charge >= 0.3 is 0 Å². The fraction of sp³-hybridized carbons (Fsp3) is 0.333. The third kappa shape index (κ3) is 2.82. The number of aromatic nitrogens is 2. The Bertz CT molecular complexity index is 494. The Labute approximate surface area is 99.0 Å². The van der Waals surface area contributed by atoms with Gasteiger partial charge in [-0.1, -0.05) is 23.4 Å². The van der Waals surface area contributed by atoms with Crippen LogP contribution in [0.3, 0.4) is 0 Å². The van der Waals surface area contributed by atoms with Gasteiger partial charge in [0.05, 0.1) is 6.10 Å². The van der Waals surface area contributed by atoms with E-state index < -0.39 is 6.10 Å². The fourth-order valence-electron chi connectivity index (χ4n) is 1.50. The Hall–Kier alpha value is -1.88. The van der Waals surface area contributed by atoms with E-state index in [4.69, 9.17) is 9.26 Å². The molecule has 0 aliphatic heterocycles. The molecule has 1 aromatic carbocycles. The Balaban J connectivity index is 2.08. The van der Waals surface area contributed by atoms with Crippen molar-refractivity contribution in [1.29, 1.82) is 0 Å². The van der Waals surface area contributed by atoms with Crippen molar-refractivity contribution in [2.45, 2.75) is 26.6 Å². The van der Waals surface area contributed by atoms with Gasteiger partial charge in [-0.25, -0.2) is 0 Å². The average Bonchev–Trinajstić information content (AvgIpc) is 2.73. The maximum Gasteiger partial charge on any atom is 0.223 e. The predicted molar refractivity (Wildman–Crippen MR) is 60.4 cm³/mol. The van der Waals surface area contributed by atoms with Crippen molar-refractivity contribution in [2.75, 3.05) is 0 Å². The molecule has 0 saturated carbocycles. The van der Waals surface area contributed by atoms with E-state index in [1.165, 1.54) is 0 Å². The fourth-order valence-corrected chi connectivity index (χ4v) is 1.50. The summed E-state index contributed by atoms with van der Waals surface area (Å²) in [7, 11) is 0. The zero-order valence-corrected chi connectivity index (χ0v) is 9.75. The Kier molecular flexibility index (Phi) is 3.39. The highest BCUT2D eigenvalue weighted by atomic mass is 16.5. The highest BCUT2D eigenvalue weighted by Crippen LogP contribution is 2.24. The van der Waals surface area contributed by atoms with Crippen LogP contribution in [0.4, 0.5) is 0 Å². The van der Waals surface area contributed by atoms with Gasteiger partial charge in [0.2, 0.25) is 11.7 Å². The Morgan fingerprint density at radius 3 is 2.82 bits per heavy atom. The van der Waals surface area contributed by atoms with Crippen molar-refractivity contribution in [2.24, 2.45) is 0 Å². The van der Waals surface area contributed by atoms with E-state index in [1.54, 1.807) is 19.9 Å². The van der Waals surface area contributed by atoms with Crippen LogP contribution in [0.15, 0.2) is 28.8 Å². The lowest BCUT2D eigenvalue weighted by molar-refractivity contribution is 0.189. The van der Waals surface area contributed by atoms with Gasteiger partial charge in [-0.3, -0.25) is 0 Å². The first-order valence-electron chi connectivity index (χ1n) is 5.36. The first-order chi connectivity index (χ1) is 8.16. The topological polar surface area (TPSA) is 68.4 Å². The summed E-state index contributed by atoms with van der Waals surface area (Å²) in [4.78, 5) is 4.03. The first-order valence-corrected chi connectivity index (χ1v) is 5.36. The maximum absolute atomic E-state index is 9.58. The van der Waals surface area contributed by atoms with Gasteiger partial charge in [0, 0.05) is 12.5 Å². The standard InChI is InChI=1S/C12H14N2O3/c1-8(15)10-5-3-4-6-11(10)16-7-12-13-9(2)17-14-12/h3-6,8,15H,7H2,1-2H3/t8-/m0/s1. The van der Waals surface area contributed by atoms with Crippen LogP contribution in [0.25, 0.3) is 0 Å². The van der Waals surface area contributed by atoms with E-state index in [9.17, 15) is 5.11 Å². The number of aryl methyl sites for hydroxylation is 1. The minimum atomic E-state index is -0.571. The quantitative estimate of drug-likeness (QED) is 0.876. The number of benzene rings is 1. The Morgan fingerprint density at radius 2 is 2.18 bits per heavy atom. The van der Waals surface area contributed by atoms with Gasteiger partial charge in [0.25, 0.3) is 0 Å². The Morgan fingerprint density at radius 1 is 1.41 bits per heavy atom. The van der Waals surface area contributed by atoms with Crippen LogP contribution < -0.4 is 4.74 Å². The molecule has 5 nitrogen and oxygen atoms in total. The number of hydrogen-bond donors (Lipinski definition) is 1. The lowest BCUT2D eigenvalue weighted by atomic mass is 10.1. The first kappa shape index (κ1) is 11.6.